The average molecular weight is 352 g/mol. The van der Waals surface area contributed by atoms with Gasteiger partial charge in [-0.2, -0.15) is 0 Å². The third-order valence-electron chi connectivity index (χ3n) is 2.90. The highest BCUT2D eigenvalue weighted by molar-refractivity contribution is 7.05. The number of para-hydroxylation sites is 1. The molecule has 1 aromatic heterocycles. The number of benzene rings is 2. The number of aromatic nitrogens is 1. The molecule has 0 fully saturated rings. The molecule has 0 amide bonds. The monoisotopic (exact) mass is 351 g/mol. The van der Waals surface area contributed by atoms with Crippen LogP contribution < -0.4 is 22.6 Å². The molecule has 0 aliphatic heterocycles. The van der Waals surface area contributed by atoms with E-state index in [-0.39, 0.29) is 0 Å². The molecule has 1 heterocycles. The van der Waals surface area contributed by atoms with Crippen molar-refractivity contribution >= 4 is 11.5 Å². The van der Waals surface area contributed by atoms with Crippen molar-refractivity contribution in [2.45, 2.75) is 6.92 Å². The molecule has 0 atom stereocenters. The van der Waals surface area contributed by atoms with Gasteiger partial charge in [0.05, 0.1) is 0 Å². The Kier molecular flexibility index (Phi) is 5.84. The van der Waals surface area contributed by atoms with Crippen molar-refractivity contribution in [3.63, 3.8) is 0 Å². The van der Waals surface area contributed by atoms with Gasteiger partial charge in [0.15, 0.2) is 6.20 Å². The standard InChI is InChI=1S/C16H14NS.ClHO4/c1-13-7-9-14(10-8-13)16-11-12-17(18-16)15-5-3-2-4-6-15;2-1(3,4)5/h2-12H,1H3;(H,2,3,4,5)/q+1;/p-1. The van der Waals surface area contributed by atoms with Crippen molar-refractivity contribution < 1.29 is 32.8 Å². The van der Waals surface area contributed by atoms with E-state index < -0.39 is 10.2 Å². The lowest BCUT2D eigenvalue weighted by atomic mass is 10.1. The summed E-state index contributed by atoms with van der Waals surface area (Å²) in [5, 5.41) is 0. The predicted octanol–water partition coefficient (Wildman–Crippen LogP) is -0.756. The van der Waals surface area contributed by atoms with Crippen LogP contribution in [0.25, 0.3) is 16.1 Å². The molecule has 5 nitrogen and oxygen atoms in total. The summed E-state index contributed by atoms with van der Waals surface area (Å²) in [5.74, 6) is 0. The second-order valence-corrected chi connectivity index (χ2v) is 6.45. The van der Waals surface area contributed by atoms with Crippen LogP contribution in [0, 0.1) is 17.2 Å². The van der Waals surface area contributed by atoms with E-state index in [0.717, 1.165) is 0 Å². The minimum atomic E-state index is -4.94. The van der Waals surface area contributed by atoms with E-state index in [1.165, 1.54) is 21.7 Å². The zero-order chi connectivity index (χ0) is 16.9. The average Bonchev–Trinajstić information content (AvgIpc) is 2.97. The highest BCUT2D eigenvalue weighted by Gasteiger charge is 2.11. The lowest BCUT2D eigenvalue weighted by Gasteiger charge is -2.17. The van der Waals surface area contributed by atoms with Crippen LogP contribution in [0.5, 0.6) is 0 Å². The summed E-state index contributed by atoms with van der Waals surface area (Å²) in [7, 11) is -4.94. The first-order chi connectivity index (χ1) is 10.8. The van der Waals surface area contributed by atoms with Gasteiger partial charge in [-0.15, -0.1) is 14.2 Å². The first-order valence-corrected chi connectivity index (χ1v) is 8.60. The number of halogens is 1. The molecular formula is C16H14ClNO4S. The quantitative estimate of drug-likeness (QED) is 0.567. The van der Waals surface area contributed by atoms with E-state index in [0.29, 0.717) is 0 Å². The van der Waals surface area contributed by atoms with Crippen LogP contribution in [0.3, 0.4) is 0 Å². The van der Waals surface area contributed by atoms with Crippen LogP contribution >= 0.6 is 11.5 Å². The van der Waals surface area contributed by atoms with Gasteiger partial charge < -0.3 is 0 Å². The molecule has 0 bridgehead atoms. The predicted molar refractivity (Wildman–Crippen MR) is 76.0 cm³/mol. The van der Waals surface area contributed by atoms with Gasteiger partial charge >= 0.3 is 0 Å². The first-order valence-electron chi connectivity index (χ1n) is 6.59. The lowest BCUT2D eigenvalue weighted by molar-refractivity contribution is -2.00. The van der Waals surface area contributed by atoms with E-state index in [1.54, 1.807) is 11.5 Å². The largest absolute Gasteiger partial charge is 0.224 e. The zero-order valence-corrected chi connectivity index (χ0v) is 13.8. The molecule has 0 aliphatic rings. The Morgan fingerprint density at radius 3 is 1.96 bits per heavy atom. The molecule has 23 heavy (non-hydrogen) atoms. The van der Waals surface area contributed by atoms with Crippen LogP contribution in [0.2, 0.25) is 0 Å². The van der Waals surface area contributed by atoms with Gasteiger partial charge in [-0.05, 0) is 12.5 Å². The van der Waals surface area contributed by atoms with Crippen molar-refractivity contribution in [3.05, 3.63) is 72.4 Å². The Morgan fingerprint density at radius 1 is 0.826 bits per heavy atom. The molecule has 0 spiro atoms. The van der Waals surface area contributed by atoms with E-state index in [2.05, 4.69) is 71.7 Å². The van der Waals surface area contributed by atoms with Crippen molar-refractivity contribution in [2.24, 2.45) is 0 Å². The highest BCUT2D eigenvalue weighted by atomic mass is 35.7. The third kappa shape index (κ3) is 6.07. The number of aryl methyl sites for hydroxylation is 1. The third-order valence-corrected chi connectivity index (χ3v) is 4.00. The maximum atomic E-state index is 8.49. The smallest absolute Gasteiger partial charge is 0.222 e. The lowest BCUT2D eigenvalue weighted by Crippen LogP contribution is -2.68. The van der Waals surface area contributed by atoms with Gasteiger partial charge in [0.1, 0.15) is 16.4 Å². The van der Waals surface area contributed by atoms with E-state index >= 15 is 0 Å². The number of nitrogens with zero attached hydrogens (tertiary/aromatic N) is 1. The summed E-state index contributed by atoms with van der Waals surface area (Å²) in [5.41, 5.74) is 3.78. The van der Waals surface area contributed by atoms with Crippen molar-refractivity contribution in [1.29, 1.82) is 0 Å². The van der Waals surface area contributed by atoms with Gasteiger partial charge in [0.2, 0.25) is 5.69 Å². The topological polar surface area (TPSA) is 96.1 Å². The van der Waals surface area contributed by atoms with Gasteiger partial charge in [0, 0.05) is 18.2 Å². The summed E-state index contributed by atoms with van der Waals surface area (Å²) in [4.78, 5) is 1.29. The Balaban J connectivity index is 0.000000338. The van der Waals surface area contributed by atoms with Crippen LogP contribution in [0.4, 0.5) is 0 Å². The first kappa shape index (κ1) is 17.6. The fourth-order valence-electron chi connectivity index (χ4n) is 1.88. The number of hydrogen-bond donors (Lipinski definition) is 0. The van der Waals surface area contributed by atoms with Crippen LogP contribution in [0.15, 0.2) is 66.9 Å². The number of hydrogen-bond acceptors (Lipinski definition) is 5. The van der Waals surface area contributed by atoms with Gasteiger partial charge in [0.25, 0.3) is 0 Å². The van der Waals surface area contributed by atoms with Crippen molar-refractivity contribution in [3.8, 4) is 16.1 Å². The second kappa shape index (κ2) is 7.65. The normalized spacial score (nSPS) is 10.8. The van der Waals surface area contributed by atoms with Gasteiger partial charge in [-0.3, -0.25) is 0 Å². The Bertz CT molecular complexity index is 733. The summed E-state index contributed by atoms with van der Waals surface area (Å²) < 4.78 is 36.2. The van der Waals surface area contributed by atoms with E-state index in [4.69, 9.17) is 18.6 Å². The Hall–Kier alpha value is -1.80. The molecule has 0 radical (unpaired) electrons. The molecular weight excluding hydrogens is 338 g/mol. The van der Waals surface area contributed by atoms with Crippen molar-refractivity contribution in [1.82, 2.24) is 0 Å². The molecule has 0 unspecified atom stereocenters. The molecule has 120 valence electrons. The van der Waals surface area contributed by atoms with Crippen molar-refractivity contribution in [2.75, 3.05) is 0 Å². The SMILES string of the molecule is Cc1ccc(-c2cc[n+](-c3ccccc3)s2)cc1.[O-][Cl+3]([O-])([O-])[O-]. The fourth-order valence-corrected chi connectivity index (χ4v) is 2.81. The van der Waals surface area contributed by atoms with Gasteiger partial charge in [-0.25, -0.2) is 18.6 Å². The maximum Gasteiger partial charge on any atom is 0.224 e. The molecule has 2 aromatic carbocycles. The molecule has 3 rings (SSSR count). The summed E-state index contributed by atoms with van der Waals surface area (Å²) >= 11 is 1.76. The minimum Gasteiger partial charge on any atom is -0.222 e. The van der Waals surface area contributed by atoms with E-state index in [1.807, 2.05) is 6.07 Å². The fraction of sp³-hybridized carbons (Fsp3) is 0.0625. The highest BCUT2D eigenvalue weighted by Crippen LogP contribution is 2.22. The summed E-state index contributed by atoms with van der Waals surface area (Å²) in [6, 6.07) is 21.2. The van der Waals surface area contributed by atoms with Gasteiger partial charge in [-0.1, -0.05) is 48.0 Å². The summed E-state index contributed by atoms with van der Waals surface area (Å²) in [6.07, 6.45) is 2.12. The minimum absolute atomic E-state index is 1.21. The van der Waals surface area contributed by atoms with Crippen LogP contribution in [0.1, 0.15) is 5.56 Å². The molecule has 0 saturated heterocycles. The molecule has 0 saturated carbocycles. The van der Waals surface area contributed by atoms with E-state index in [9.17, 15) is 0 Å². The Labute approximate surface area is 140 Å². The number of rotatable bonds is 2. The Morgan fingerprint density at radius 2 is 1.39 bits per heavy atom. The van der Waals surface area contributed by atoms with Crippen LogP contribution in [-0.4, -0.2) is 0 Å². The maximum absolute atomic E-state index is 8.49. The summed E-state index contributed by atoms with van der Waals surface area (Å²) in [6.45, 7) is 2.11. The zero-order valence-electron chi connectivity index (χ0n) is 12.2. The van der Waals surface area contributed by atoms with Crippen LogP contribution in [-0.2, 0) is 0 Å². The molecule has 3 aromatic rings. The second-order valence-electron chi connectivity index (χ2n) is 4.68. The molecule has 7 heteroatoms. The molecule has 0 aliphatic carbocycles. The molecule has 0 N–H and O–H groups in total.